The Balaban J connectivity index is 1.45. The first-order valence-electron chi connectivity index (χ1n) is 17.5. The standard InChI is InChI=1S/C39H45F3N2O11/c1-38(2,3)55-33(47)17-15-28(21-45)43-35(48)29(18-25-8-6-5-7-9-25)44(4)36(49)27-19-30-34(53-23-52-30)31(20-27)54-37(50)26-13-10-24(11-14-26)12-16-32(46)51-22-39(40,41)42/h5-14,16,19,28-31,34,45H,15,17-18,20-23H2,1-4H3,(H,43,48)/t28-,29+,30+,31+,34+/m0/s1. The summed E-state index contributed by atoms with van der Waals surface area (Å²) in [6.45, 7) is 2.91. The Hall–Kier alpha value is -5.06. The molecule has 1 heterocycles. The van der Waals surface area contributed by atoms with Crippen LogP contribution in [-0.4, -0.2) is 109 Å². The molecular formula is C39H45F3N2O11. The van der Waals surface area contributed by atoms with E-state index in [4.69, 9.17) is 18.9 Å². The van der Waals surface area contributed by atoms with E-state index in [2.05, 4.69) is 10.1 Å². The number of likely N-dealkylation sites (N-methyl/N-ethyl adjacent to an activating group) is 1. The third-order valence-corrected chi connectivity index (χ3v) is 8.51. The van der Waals surface area contributed by atoms with Crippen molar-refractivity contribution >= 4 is 35.8 Å². The number of rotatable bonds is 15. The van der Waals surface area contributed by atoms with E-state index >= 15 is 0 Å². The van der Waals surface area contributed by atoms with Gasteiger partial charge in [0.25, 0.3) is 0 Å². The Bertz CT molecular complexity index is 1720. The first kappa shape index (κ1) is 42.7. The average Bonchev–Trinajstić information content (AvgIpc) is 3.62. The predicted molar refractivity (Wildman–Crippen MR) is 190 cm³/mol. The summed E-state index contributed by atoms with van der Waals surface area (Å²) < 4.78 is 63.5. The summed E-state index contributed by atoms with van der Waals surface area (Å²) in [5.74, 6) is -3.53. The minimum atomic E-state index is -4.65. The Kier molecular flexibility index (Phi) is 14.7. The number of ether oxygens (including phenoxy) is 5. The molecule has 0 aromatic heterocycles. The van der Waals surface area contributed by atoms with Crippen LogP contribution in [0, 0.1) is 0 Å². The Morgan fingerprint density at radius 1 is 1.02 bits per heavy atom. The van der Waals surface area contributed by atoms with Crippen LogP contribution in [0.1, 0.15) is 61.5 Å². The highest BCUT2D eigenvalue weighted by Crippen LogP contribution is 2.32. The maximum atomic E-state index is 14.1. The highest BCUT2D eigenvalue weighted by Gasteiger charge is 2.44. The van der Waals surface area contributed by atoms with E-state index in [0.717, 1.165) is 11.6 Å². The van der Waals surface area contributed by atoms with Crippen molar-refractivity contribution in [1.82, 2.24) is 10.2 Å². The number of aliphatic hydroxyl groups is 1. The molecule has 2 aromatic rings. The third kappa shape index (κ3) is 13.3. The molecule has 1 saturated heterocycles. The van der Waals surface area contributed by atoms with E-state index in [1.165, 1.54) is 42.3 Å². The maximum Gasteiger partial charge on any atom is 0.422 e. The van der Waals surface area contributed by atoms with Gasteiger partial charge in [-0.2, -0.15) is 13.2 Å². The van der Waals surface area contributed by atoms with Crippen molar-refractivity contribution in [3.05, 3.63) is 89.0 Å². The second-order valence-electron chi connectivity index (χ2n) is 14.0. The van der Waals surface area contributed by atoms with Crippen LogP contribution in [0.5, 0.6) is 0 Å². The topological polar surface area (TPSA) is 167 Å². The lowest BCUT2D eigenvalue weighted by atomic mass is 9.90. The predicted octanol–water partition coefficient (Wildman–Crippen LogP) is 4.07. The number of aliphatic hydroxyl groups excluding tert-OH is 1. The van der Waals surface area contributed by atoms with Crippen LogP contribution < -0.4 is 5.32 Å². The number of nitrogens with one attached hydrogen (secondary N) is 1. The van der Waals surface area contributed by atoms with Crippen molar-refractivity contribution in [2.24, 2.45) is 0 Å². The van der Waals surface area contributed by atoms with E-state index in [9.17, 15) is 42.3 Å². The number of benzene rings is 2. The van der Waals surface area contributed by atoms with Gasteiger partial charge in [0.05, 0.1) is 18.2 Å². The Morgan fingerprint density at radius 3 is 2.35 bits per heavy atom. The van der Waals surface area contributed by atoms with Crippen LogP contribution >= 0.6 is 0 Å². The number of hydrogen-bond acceptors (Lipinski definition) is 11. The molecule has 298 valence electrons. The van der Waals surface area contributed by atoms with Gasteiger partial charge >= 0.3 is 24.1 Å². The summed E-state index contributed by atoms with van der Waals surface area (Å²) in [7, 11) is 1.47. The molecule has 0 saturated carbocycles. The van der Waals surface area contributed by atoms with Crippen LogP contribution in [0.15, 0.2) is 72.3 Å². The Morgan fingerprint density at radius 2 is 1.71 bits per heavy atom. The molecule has 55 heavy (non-hydrogen) atoms. The summed E-state index contributed by atoms with van der Waals surface area (Å²) in [5.41, 5.74) is 0.775. The number of carbonyl (C=O) groups excluding carboxylic acids is 5. The molecule has 2 aliphatic rings. The lowest BCUT2D eigenvalue weighted by Gasteiger charge is -2.34. The van der Waals surface area contributed by atoms with Crippen molar-refractivity contribution in [2.75, 3.05) is 27.1 Å². The zero-order valence-electron chi connectivity index (χ0n) is 30.9. The highest BCUT2D eigenvalue weighted by atomic mass is 19.4. The number of nitrogens with zero attached hydrogens (tertiary/aromatic N) is 1. The third-order valence-electron chi connectivity index (χ3n) is 8.51. The zero-order valence-corrected chi connectivity index (χ0v) is 30.9. The molecule has 0 bridgehead atoms. The quantitative estimate of drug-likeness (QED) is 0.152. The van der Waals surface area contributed by atoms with Gasteiger partial charge in [0.15, 0.2) is 6.61 Å². The lowest BCUT2D eigenvalue weighted by molar-refractivity contribution is -0.182. The van der Waals surface area contributed by atoms with Gasteiger partial charge in [0.2, 0.25) is 11.8 Å². The fraction of sp³-hybridized carbons (Fsp3) is 0.462. The number of fused-ring (bicyclic) bond motifs is 1. The van der Waals surface area contributed by atoms with Gasteiger partial charge in [0, 0.05) is 38.0 Å². The van der Waals surface area contributed by atoms with Crippen molar-refractivity contribution in [1.29, 1.82) is 0 Å². The van der Waals surface area contributed by atoms with Gasteiger partial charge in [-0.1, -0.05) is 42.5 Å². The summed E-state index contributed by atoms with van der Waals surface area (Å²) >= 11 is 0. The number of hydrogen-bond donors (Lipinski definition) is 2. The van der Waals surface area contributed by atoms with Crippen LogP contribution in [0.25, 0.3) is 6.08 Å². The molecule has 1 aliphatic heterocycles. The van der Waals surface area contributed by atoms with Crippen molar-refractivity contribution in [2.45, 2.75) is 88.6 Å². The summed E-state index contributed by atoms with van der Waals surface area (Å²) in [6, 6.07) is 12.9. The molecular weight excluding hydrogens is 729 g/mol. The summed E-state index contributed by atoms with van der Waals surface area (Å²) in [4.78, 5) is 66.3. The van der Waals surface area contributed by atoms with Gasteiger partial charge in [0.1, 0.15) is 36.7 Å². The SMILES string of the molecule is CN(C(=O)C1=C[C@H]2OCO[C@H]2[C@H](OC(=O)c2ccc(C=CC(=O)OCC(F)(F)F)cc2)C1)[C@H](Cc1ccccc1)C(=O)N[C@H](CO)CCC(=O)OC(C)(C)C. The molecule has 1 fully saturated rings. The van der Waals surface area contributed by atoms with Crippen LogP contribution in [0.2, 0.25) is 0 Å². The number of amides is 2. The molecule has 4 rings (SSSR count). The fourth-order valence-electron chi connectivity index (χ4n) is 5.82. The Labute approximate surface area is 316 Å². The van der Waals surface area contributed by atoms with E-state index in [1.54, 1.807) is 39.0 Å². The van der Waals surface area contributed by atoms with Crippen molar-refractivity contribution in [3.63, 3.8) is 0 Å². The second kappa shape index (κ2) is 19.0. The van der Waals surface area contributed by atoms with Gasteiger partial charge in [-0.05, 0) is 62.6 Å². The van der Waals surface area contributed by atoms with Crippen LogP contribution in [-0.2, 0) is 49.3 Å². The van der Waals surface area contributed by atoms with Crippen molar-refractivity contribution in [3.8, 4) is 0 Å². The number of esters is 3. The van der Waals surface area contributed by atoms with Gasteiger partial charge in [-0.15, -0.1) is 0 Å². The monoisotopic (exact) mass is 774 g/mol. The summed E-state index contributed by atoms with van der Waals surface area (Å²) in [5, 5.41) is 12.8. The maximum absolute atomic E-state index is 14.1. The molecule has 0 unspecified atom stereocenters. The average molecular weight is 775 g/mol. The first-order chi connectivity index (χ1) is 25.9. The smallest absolute Gasteiger partial charge is 0.422 e. The molecule has 13 nitrogen and oxygen atoms in total. The zero-order chi connectivity index (χ0) is 40.3. The molecule has 0 spiro atoms. The van der Waals surface area contributed by atoms with E-state index in [-0.39, 0.29) is 43.6 Å². The number of alkyl halides is 3. The first-order valence-corrected chi connectivity index (χ1v) is 17.5. The second-order valence-corrected chi connectivity index (χ2v) is 14.0. The van der Waals surface area contributed by atoms with E-state index in [0.29, 0.717) is 5.56 Å². The van der Waals surface area contributed by atoms with Crippen LogP contribution in [0.3, 0.4) is 0 Å². The minimum absolute atomic E-state index is 0.0511. The molecule has 2 aromatic carbocycles. The number of halogens is 3. The molecule has 2 N–H and O–H groups in total. The summed E-state index contributed by atoms with van der Waals surface area (Å²) in [6.07, 6.45) is -3.36. The van der Waals surface area contributed by atoms with E-state index in [1.807, 2.05) is 18.2 Å². The van der Waals surface area contributed by atoms with E-state index < -0.39 is 85.1 Å². The minimum Gasteiger partial charge on any atom is -0.460 e. The van der Waals surface area contributed by atoms with Crippen molar-refractivity contribution < 1.29 is 65.9 Å². The molecule has 16 heteroatoms. The number of carbonyl (C=O) groups is 5. The van der Waals surface area contributed by atoms with Gasteiger partial charge < -0.3 is 39.0 Å². The fourth-order valence-corrected chi connectivity index (χ4v) is 5.82. The van der Waals surface area contributed by atoms with Crippen LogP contribution in [0.4, 0.5) is 13.2 Å². The van der Waals surface area contributed by atoms with Gasteiger partial charge in [-0.3, -0.25) is 14.4 Å². The lowest BCUT2D eigenvalue weighted by Crippen LogP contribution is -2.53. The molecule has 0 radical (unpaired) electrons. The molecule has 5 atom stereocenters. The molecule has 2 amide bonds. The molecule has 1 aliphatic carbocycles. The largest absolute Gasteiger partial charge is 0.460 e. The van der Waals surface area contributed by atoms with Gasteiger partial charge in [-0.25, -0.2) is 9.59 Å². The highest BCUT2D eigenvalue weighted by molar-refractivity contribution is 5.97. The normalized spacial score (nSPS) is 19.4.